The first-order valence-electron chi connectivity index (χ1n) is 8.15. The molecule has 1 saturated heterocycles. The molecule has 0 saturated carbocycles. The third kappa shape index (κ3) is 6.40. The summed E-state index contributed by atoms with van der Waals surface area (Å²) in [5, 5.41) is 7.30. The summed E-state index contributed by atoms with van der Waals surface area (Å²) in [5.41, 5.74) is 0.375. The molecule has 2 atom stereocenters. The van der Waals surface area contributed by atoms with Gasteiger partial charge in [-0.15, -0.1) is 24.8 Å². The molecule has 1 aromatic carbocycles. The number of hydrogen-bond donors (Lipinski definition) is 2. The van der Waals surface area contributed by atoms with Gasteiger partial charge in [0.1, 0.15) is 11.3 Å². The lowest BCUT2D eigenvalue weighted by Crippen LogP contribution is -2.46. The Kier molecular flexibility index (Phi) is 9.63. The summed E-state index contributed by atoms with van der Waals surface area (Å²) in [7, 11) is 0. The van der Waals surface area contributed by atoms with Crippen LogP contribution in [0.15, 0.2) is 36.5 Å². The van der Waals surface area contributed by atoms with E-state index in [9.17, 15) is 4.79 Å². The minimum absolute atomic E-state index is 0. The quantitative estimate of drug-likeness (QED) is 0.692. The van der Waals surface area contributed by atoms with Crippen molar-refractivity contribution in [3.8, 4) is 11.6 Å². The van der Waals surface area contributed by atoms with Gasteiger partial charge in [-0.1, -0.05) is 23.2 Å². The topological polar surface area (TPSA) is 63.2 Å². The molecule has 1 fully saturated rings. The Morgan fingerprint density at radius 3 is 2.78 bits per heavy atom. The predicted molar refractivity (Wildman–Crippen MR) is 113 cm³/mol. The first-order valence-corrected chi connectivity index (χ1v) is 8.90. The molecular formula is C18H21Cl4N3O2. The fourth-order valence-corrected chi connectivity index (χ4v) is 3.28. The first-order chi connectivity index (χ1) is 12.0. The van der Waals surface area contributed by atoms with Crippen molar-refractivity contribution in [3.05, 3.63) is 52.1 Å². The largest absolute Gasteiger partial charge is 0.437 e. The Labute approximate surface area is 181 Å². The zero-order chi connectivity index (χ0) is 17.8. The molecule has 0 bridgehead atoms. The van der Waals surface area contributed by atoms with Crippen molar-refractivity contribution in [2.45, 2.75) is 31.8 Å². The van der Waals surface area contributed by atoms with Gasteiger partial charge in [0.25, 0.3) is 5.91 Å². The van der Waals surface area contributed by atoms with E-state index in [1.54, 1.807) is 36.5 Å². The van der Waals surface area contributed by atoms with Crippen LogP contribution in [-0.4, -0.2) is 29.5 Å². The average molecular weight is 453 g/mol. The third-order valence-electron chi connectivity index (χ3n) is 4.08. The zero-order valence-electron chi connectivity index (χ0n) is 14.6. The molecule has 1 amide bonds. The maximum atomic E-state index is 12.7. The molecule has 0 radical (unpaired) electrons. The molecule has 148 valence electrons. The summed E-state index contributed by atoms with van der Waals surface area (Å²) in [4.78, 5) is 16.8. The van der Waals surface area contributed by atoms with Gasteiger partial charge in [-0.25, -0.2) is 4.98 Å². The van der Waals surface area contributed by atoms with Crippen LogP contribution in [-0.2, 0) is 0 Å². The standard InChI is InChI=1S/C18H19Cl2N3O2.2ClH/c1-11-9-13(6-8-21-11)23-17(24)14-3-2-7-22-18(14)25-16-5-4-12(19)10-15(16)20;;/h2-5,7,10-11,13,21H,6,8-9H2,1H3,(H,23,24);2*1H. The smallest absolute Gasteiger partial charge is 0.257 e. The molecule has 0 aliphatic carbocycles. The summed E-state index contributed by atoms with van der Waals surface area (Å²) < 4.78 is 5.75. The molecule has 2 heterocycles. The number of aromatic nitrogens is 1. The molecule has 2 N–H and O–H groups in total. The summed E-state index contributed by atoms with van der Waals surface area (Å²) in [5.74, 6) is 0.410. The number of nitrogens with one attached hydrogen (secondary N) is 2. The van der Waals surface area contributed by atoms with Crippen LogP contribution in [0.3, 0.4) is 0 Å². The maximum Gasteiger partial charge on any atom is 0.257 e. The number of pyridine rings is 1. The van der Waals surface area contributed by atoms with Gasteiger partial charge in [-0.3, -0.25) is 4.79 Å². The third-order valence-corrected chi connectivity index (χ3v) is 4.61. The van der Waals surface area contributed by atoms with Crippen LogP contribution in [0, 0.1) is 0 Å². The molecule has 27 heavy (non-hydrogen) atoms. The Morgan fingerprint density at radius 2 is 2.07 bits per heavy atom. The number of nitrogens with zero attached hydrogens (tertiary/aromatic N) is 1. The number of ether oxygens (including phenoxy) is 1. The summed E-state index contributed by atoms with van der Waals surface area (Å²) in [6.07, 6.45) is 3.36. The number of carbonyl (C=O) groups is 1. The lowest BCUT2D eigenvalue weighted by molar-refractivity contribution is 0.0922. The van der Waals surface area contributed by atoms with E-state index in [1.165, 1.54) is 0 Å². The van der Waals surface area contributed by atoms with Crippen LogP contribution >= 0.6 is 48.0 Å². The Morgan fingerprint density at radius 1 is 1.30 bits per heavy atom. The van der Waals surface area contributed by atoms with E-state index in [0.717, 1.165) is 19.4 Å². The van der Waals surface area contributed by atoms with Crippen LogP contribution in [0.1, 0.15) is 30.1 Å². The van der Waals surface area contributed by atoms with E-state index < -0.39 is 0 Å². The van der Waals surface area contributed by atoms with E-state index in [4.69, 9.17) is 27.9 Å². The van der Waals surface area contributed by atoms with E-state index in [-0.39, 0.29) is 42.6 Å². The van der Waals surface area contributed by atoms with E-state index in [0.29, 0.717) is 27.4 Å². The van der Waals surface area contributed by atoms with Crippen LogP contribution in [0.5, 0.6) is 11.6 Å². The van der Waals surface area contributed by atoms with Gasteiger partial charge in [-0.2, -0.15) is 0 Å². The highest BCUT2D eigenvalue weighted by molar-refractivity contribution is 6.35. The van der Waals surface area contributed by atoms with Crippen molar-refractivity contribution >= 4 is 53.9 Å². The van der Waals surface area contributed by atoms with Gasteiger partial charge in [0.2, 0.25) is 5.88 Å². The Bertz CT molecular complexity index is 776. The van der Waals surface area contributed by atoms with E-state index in [2.05, 4.69) is 22.5 Å². The second kappa shape index (κ2) is 10.9. The highest BCUT2D eigenvalue weighted by Gasteiger charge is 2.22. The molecule has 0 spiro atoms. The molecule has 3 rings (SSSR count). The number of benzene rings is 1. The minimum atomic E-state index is -0.202. The van der Waals surface area contributed by atoms with Crippen molar-refractivity contribution < 1.29 is 9.53 Å². The van der Waals surface area contributed by atoms with Gasteiger partial charge < -0.3 is 15.4 Å². The van der Waals surface area contributed by atoms with Gasteiger partial charge in [-0.05, 0) is 56.6 Å². The fourth-order valence-electron chi connectivity index (χ4n) is 2.83. The fraction of sp³-hybridized carbons (Fsp3) is 0.333. The Hall–Kier alpha value is -1.24. The van der Waals surface area contributed by atoms with Crippen molar-refractivity contribution in [2.24, 2.45) is 0 Å². The number of halogens is 4. The lowest BCUT2D eigenvalue weighted by Gasteiger charge is -2.28. The van der Waals surface area contributed by atoms with Crippen LogP contribution in [0.4, 0.5) is 0 Å². The Balaban J connectivity index is 0.00000182. The number of hydrogen-bond acceptors (Lipinski definition) is 4. The van der Waals surface area contributed by atoms with Gasteiger partial charge >= 0.3 is 0 Å². The average Bonchev–Trinajstić information content (AvgIpc) is 2.58. The highest BCUT2D eigenvalue weighted by Crippen LogP contribution is 2.32. The SMILES string of the molecule is CC1CC(NC(=O)c2cccnc2Oc2ccc(Cl)cc2Cl)CCN1.Cl.Cl. The zero-order valence-corrected chi connectivity index (χ0v) is 17.7. The molecule has 2 unspecified atom stereocenters. The van der Waals surface area contributed by atoms with Crippen LogP contribution < -0.4 is 15.4 Å². The van der Waals surface area contributed by atoms with E-state index >= 15 is 0 Å². The normalized spacial score (nSPS) is 18.6. The van der Waals surface area contributed by atoms with Crippen molar-refractivity contribution in [1.29, 1.82) is 0 Å². The lowest BCUT2D eigenvalue weighted by atomic mass is 10.0. The van der Waals surface area contributed by atoms with Crippen LogP contribution in [0.2, 0.25) is 10.0 Å². The van der Waals surface area contributed by atoms with Crippen molar-refractivity contribution in [3.63, 3.8) is 0 Å². The molecule has 1 aliphatic rings. The van der Waals surface area contributed by atoms with Gasteiger partial charge in [0, 0.05) is 23.3 Å². The van der Waals surface area contributed by atoms with Crippen LogP contribution in [0.25, 0.3) is 0 Å². The number of amides is 1. The predicted octanol–water partition coefficient (Wildman–Crippen LogP) is 4.89. The summed E-state index contributed by atoms with van der Waals surface area (Å²) >= 11 is 12.0. The number of piperidine rings is 1. The minimum Gasteiger partial charge on any atom is -0.437 e. The molecular weight excluding hydrogens is 432 g/mol. The second-order valence-corrected chi connectivity index (χ2v) is 6.93. The van der Waals surface area contributed by atoms with Gasteiger partial charge in [0.15, 0.2) is 0 Å². The number of carbonyl (C=O) groups excluding carboxylic acids is 1. The van der Waals surface area contributed by atoms with Crippen molar-refractivity contribution in [1.82, 2.24) is 15.6 Å². The molecule has 2 aromatic rings. The molecule has 9 heteroatoms. The molecule has 1 aliphatic heterocycles. The second-order valence-electron chi connectivity index (χ2n) is 6.08. The van der Waals surface area contributed by atoms with Crippen molar-refractivity contribution in [2.75, 3.05) is 6.54 Å². The first kappa shape index (κ1) is 23.8. The maximum absolute atomic E-state index is 12.7. The molecule has 5 nitrogen and oxygen atoms in total. The highest BCUT2D eigenvalue weighted by atomic mass is 35.5. The summed E-state index contributed by atoms with van der Waals surface area (Å²) in [6.45, 7) is 3.00. The summed E-state index contributed by atoms with van der Waals surface area (Å²) in [6, 6.07) is 8.81. The van der Waals surface area contributed by atoms with E-state index in [1.807, 2.05) is 0 Å². The monoisotopic (exact) mass is 451 g/mol. The molecule has 1 aromatic heterocycles. The number of rotatable bonds is 4. The van der Waals surface area contributed by atoms with Gasteiger partial charge in [0.05, 0.1) is 5.02 Å².